The lowest BCUT2D eigenvalue weighted by Crippen LogP contribution is -2.31. The van der Waals surface area contributed by atoms with Gasteiger partial charge in [0.25, 0.3) is 0 Å². The molecule has 1 fully saturated rings. The third kappa shape index (κ3) is 5.23. The van der Waals surface area contributed by atoms with Crippen molar-refractivity contribution in [3.8, 4) is 16.9 Å². The number of esters is 1. The zero-order valence-electron chi connectivity index (χ0n) is 18.2. The van der Waals surface area contributed by atoms with Crippen LogP contribution >= 0.6 is 0 Å². The van der Waals surface area contributed by atoms with Crippen LogP contribution in [0.25, 0.3) is 11.1 Å². The summed E-state index contributed by atoms with van der Waals surface area (Å²) in [6.07, 6.45) is 1.78. The van der Waals surface area contributed by atoms with Gasteiger partial charge in [-0.1, -0.05) is 44.5 Å². The predicted octanol–water partition coefficient (Wildman–Crippen LogP) is 6.59. The molecule has 0 aliphatic heterocycles. The highest BCUT2D eigenvalue weighted by Gasteiger charge is 2.30. The van der Waals surface area contributed by atoms with Crippen molar-refractivity contribution in [3.05, 3.63) is 53.6 Å². The van der Waals surface area contributed by atoms with E-state index < -0.39 is 23.8 Å². The second-order valence-electron chi connectivity index (χ2n) is 8.26. The monoisotopic (exact) mass is 434 g/mol. The smallest absolute Gasteiger partial charge is 0.341 e. The van der Waals surface area contributed by atoms with E-state index in [9.17, 15) is 18.0 Å². The molecule has 0 N–H and O–H groups in total. The Labute approximate surface area is 181 Å². The minimum atomic E-state index is -1.57. The van der Waals surface area contributed by atoms with Gasteiger partial charge in [0, 0.05) is 5.56 Å². The van der Waals surface area contributed by atoms with Gasteiger partial charge in [-0.05, 0) is 60.8 Å². The van der Waals surface area contributed by atoms with Gasteiger partial charge in [-0.3, -0.25) is 0 Å². The molecule has 0 saturated heterocycles. The topological polar surface area (TPSA) is 35.5 Å². The van der Waals surface area contributed by atoms with Crippen LogP contribution in [0.5, 0.6) is 5.75 Å². The molecule has 1 saturated carbocycles. The normalized spacial score (nSPS) is 20.7. The molecule has 0 spiro atoms. The Morgan fingerprint density at radius 1 is 1.03 bits per heavy atom. The summed E-state index contributed by atoms with van der Waals surface area (Å²) >= 11 is 0. The zero-order valence-corrected chi connectivity index (χ0v) is 18.2. The molecule has 0 bridgehead atoms. The highest BCUT2D eigenvalue weighted by molar-refractivity contribution is 5.75. The van der Waals surface area contributed by atoms with Crippen molar-refractivity contribution in [3.63, 3.8) is 0 Å². The number of hydrogen-bond acceptors (Lipinski definition) is 3. The lowest BCUT2D eigenvalue weighted by atomic mass is 9.82. The number of carbonyl (C=O) groups is 1. The molecule has 0 amide bonds. The van der Waals surface area contributed by atoms with Gasteiger partial charge < -0.3 is 9.47 Å². The van der Waals surface area contributed by atoms with Crippen molar-refractivity contribution < 1.29 is 27.4 Å². The van der Waals surface area contributed by atoms with E-state index in [0.717, 1.165) is 18.4 Å². The number of halogens is 3. The van der Waals surface area contributed by atoms with Gasteiger partial charge in [-0.15, -0.1) is 0 Å². The summed E-state index contributed by atoms with van der Waals surface area (Å²) in [7, 11) is 1.30. The van der Waals surface area contributed by atoms with E-state index >= 15 is 0 Å². The number of carbonyl (C=O) groups excluding carboxylic acids is 1. The van der Waals surface area contributed by atoms with Crippen LogP contribution < -0.4 is 4.74 Å². The number of rotatable bonds is 7. The highest BCUT2D eigenvalue weighted by atomic mass is 19.2. The fourth-order valence-electron chi connectivity index (χ4n) is 4.03. The Balaban J connectivity index is 1.60. The summed E-state index contributed by atoms with van der Waals surface area (Å²) < 4.78 is 52.6. The van der Waals surface area contributed by atoms with Crippen LogP contribution in [0.4, 0.5) is 13.2 Å². The minimum absolute atomic E-state index is 0.126. The summed E-state index contributed by atoms with van der Waals surface area (Å²) in [5.74, 6) is -2.86. The van der Waals surface area contributed by atoms with E-state index in [1.807, 2.05) is 19.1 Å². The van der Waals surface area contributed by atoms with E-state index in [1.165, 1.54) is 19.2 Å². The average Bonchev–Trinajstić information content (AvgIpc) is 2.80. The van der Waals surface area contributed by atoms with Crippen molar-refractivity contribution in [1.82, 2.24) is 0 Å². The van der Waals surface area contributed by atoms with Crippen molar-refractivity contribution in [2.24, 2.45) is 5.92 Å². The van der Waals surface area contributed by atoms with Gasteiger partial charge in [-0.2, -0.15) is 4.39 Å². The Hall–Kier alpha value is -2.50. The van der Waals surface area contributed by atoms with Crippen LogP contribution in [0, 0.1) is 17.6 Å². The summed E-state index contributed by atoms with van der Waals surface area (Å²) in [6, 6.07) is 10.3. The second-order valence-corrected chi connectivity index (χ2v) is 8.26. The van der Waals surface area contributed by atoms with Gasteiger partial charge >= 0.3 is 5.97 Å². The summed E-state index contributed by atoms with van der Waals surface area (Å²) in [5.41, 5.74) is 1.87. The molecular weight excluding hydrogens is 405 g/mol. The van der Waals surface area contributed by atoms with Crippen LogP contribution in [0.1, 0.15) is 57.4 Å². The van der Waals surface area contributed by atoms with Gasteiger partial charge in [0.05, 0.1) is 7.11 Å². The predicted molar refractivity (Wildman–Crippen MR) is 114 cm³/mol. The number of ether oxygens (including phenoxy) is 2. The van der Waals surface area contributed by atoms with Crippen LogP contribution in [-0.4, -0.2) is 25.4 Å². The molecule has 3 rings (SSSR count). The van der Waals surface area contributed by atoms with Crippen LogP contribution in [0.3, 0.4) is 0 Å². The minimum Gasteiger partial charge on any atom is -0.494 e. The molecule has 0 radical (unpaired) electrons. The highest BCUT2D eigenvalue weighted by Crippen LogP contribution is 2.36. The van der Waals surface area contributed by atoms with Gasteiger partial charge in [0.1, 0.15) is 6.10 Å². The molecule has 6 heteroatoms. The molecule has 1 aliphatic rings. The third-order valence-electron chi connectivity index (χ3n) is 6.29. The zero-order chi connectivity index (χ0) is 22.5. The Kier molecular flexibility index (Phi) is 7.63. The number of methoxy groups -OCH3 is 1. The molecule has 168 valence electrons. The quantitative estimate of drug-likeness (QED) is 0.461. The average molecular weight is 434 g/mol. The molecule has 0 unspecified atom stereocenters. The molecule has 31 heavy (non-hydrogen) atoms. The van der Waals surface area contributed by atoms with Crippen LogP contribution in [0.15, 0.2) is 36.4 Å². The standard InChI is InChI=1S/C25H29F3O3/c1-4-15(2)22(26)25(29)31-19-11-9-17(10-12-19)16-5-7-18(8-6-16)20-13-14-21(30-3)24(28)23(20)27/h5-8,13-15,17,19,22H,4,9-12H2,1-3H3/t15-,17?,19?,22-/m0/s1. The maximum absolute atomic E-state index is 14.3. The first-order valence-electron chi connectivity index (χ1n) is 10.8. The maximum atomic E-state index is 14.3. The Morgan fingerprint density at radius 3 is 2.26 bits per heavy atom. The third-order valence-corrected chi connectivity index (χ3v) is 6.29. The summed E-state index contributed by atoms with van der Waals surface area (Å²) in [4.78, 5) is 12.0. The van der Waals surface area contributed by atoms with Crippen LogP contribution in [-0.2, 0) is 9.53 Å². The summed E-state index contributed by atoms with van der Waals surface area (Å²) in [5, 5.41) is 0. The van der Waals surface area contributed by atoms with Gasteiger partial charge in [-0.25, -0.2) is 13.6 Å². The number of alkyl halides is 1. The lowest BCUT2D eigenvalue weighted by molar-refractivity contribution is -0.158. The van der Waals surface area contributed by atoms with Gasteiger partial charge in [0.2, 0.25) is 5.82 Å². The maximum Gasteiger partial charge on any atom is 0.341 e. The molecule has 0 heterocycles. The first kappa shape index (κ1) is 23.2. The Morgan fingerprint density at radius 2 is 1.68 bits per heavy atom. The molecular formula is C25H29F3O3. The largest absolute Gasteiger partial charge is 0.494 e. The molecule has 1 aliphatic carbocycles. The molecule has 2 aromatic rings. The summed E-state index contributed by atoms with van der Waals surface area (Å²) in [6.45, 7) is 3.55. The molecule has 3 nitrogen and oxygen atoms in total. The second kappa shape index (κ2) is 10.2. The van der Waals surface area contributed by atoms with Crippen molar-refractivity contribution >= 4 is 5.97 Å². The van der Waals surface area contributed by atoms with E-state index in [-0.39, 0.29) is 29.3 Å². The first-order chi connectivity index (χ1) is 14.8. The molecule has 2 atom stereocenters. The van der Waals surface area contributed by atoms with Crippen molar-refractivity contribution in [2.75, 3.05) is 7.11 Å². The Bertz CT molecular complexity index is 890. The van der Waals surface area contributed by atoms with E-state index in [1.54, 1.807) is 19.1 Å². The SMILES string of the molecule is CC[C@H](C)[C@H](F)C(=O)OC1CCC(c2ccc(-c3ccc(OC)c(F)c3F)cc2)CC1. The number of benzene rings is 2. The fourth-order valence-corrected chi connectivity index (χ4v) is 4.03. The van der Waals surface area contributed by atoms with E-state index in [4.69, 9.17) is 9.47 Å². The van der Waals surface area contributed by atoms with Crippen molar-refractivity contribution in [1.29, 1.82) is 0 Å². The fraction of sp³-hybridized carbons (Fsp3) is 0.480. The molecule has 0 aromatic heterocycles. The molecule has 2 aromatic carbocycles. The van der Waals surface area contributed by atoms with Crippen LogP contribution in [0.2, 0.25) is 0 Å². The first-order valence-corrected chi connectivity index (χ1v) is 10.8. The van der Waals surface area contributed by atoms with Crippen molar-refractivity contribution in [2.45, 2.75) is 64.1 Å². The number of hydrogen-bond donors (Lipinski definition) is 0. The lowest BCUT2D eigenvalue weighted by Gasteiger charge is -2.29. The van der Waals surface area contributed by atoms with Gasteiger partial charge in [0.15, 0.2) is 17.7 Å². The van der Waals surface area contributed by atoms with E-state index in [0.29, 0.717) is 24.8 Å². The van der Waals surface area contributed by atoms with E-state index in [2.05, 4.69) is 0 Å².